The summed E-state index contributed by atoms with van der Waals surface area (Å²) in [5, 5.41) is 6.62. The molecule has 2 N–H and O–H groups in total. The third-order valence-electron chi connectivity index (χ3n) is 4.09. The largest absolute Gasteiger partial charge is 0.488 e. The molecule has 0 spiro atoms. The van der Waals surface area contributed by atoms with E-state index in [-0.39, 0.29) is 6.42 Å². The summed E-state index contributed by atoms with van der Waals surface area (Å²) in [5.41, 5.74) is 4.70. The number of hydrazone groups is 1. The molecule has 0 aliphatic carbocycles. The number of amides is 2. The standard InChI is InChI=1S/C23H19Br2N3O3/c24-18-11-9-16(10-12-18)15-31-21-8-4-1-5-17(21)14-26-28-23(30)13-22(29)27-20-7-3-2-6-19(20)25/h1-12,14H,13,15H2,(H,27,29)(H,28,30). The monoisotopic (exact) mass is 543 g/mol. The number of hydrogen-bond acceptors (Lipinski definition) is 4. The summed E-state index contributed by atoms with van der Waals surface area (Å²) >= 11 is 6.75. The highest BCUT2D eigenvalue weighted by Gasteiger charge is 2.10. The van der Waals surface area contributed by atoms with Gasteiger partial charge in [-0.05, 0) is 57.9 Å². The Labute approximate surface area is 197 Å². The number of halogens is 2. The zero-order chi connectivity index (χ0) is 22.1. The first-order chi connectivity index (χ1) is 15.0. The summed E-state index contributed by atoms with van der Waals surface area (Å²) < 4.78 is 7.62. The number of carbonyl (C=O) groups is 2. The third kappa shape index (κ3) is 7.34. The van der Waals surface area contributed by atoms with Crippen LogP contribution in [0.15, 0.2) is 86.8 Å². The van der Waals surface area contributed by atoms with Crippen LogP contribution < -0.4 is 15.5 Å². The van der Waals surface area contributed by atoms with Crippen LogP contribution >= 0.6 is 31.9 Å². The van der Waals surface area contributed by atoms with Gasteiger partial charge in [0.05, 0.1) is 11.9 Å². The van der Waals surface area contributed by atoms with Gasteiger partial charge in [-0.1, -0.05) is 52.3 Å². The Morgan fingerprint density at radius 1 is 0.903 bits per heavy atom. The minimum atomic E-state index is -0.519. The van der Waals surface area contributed by atoms with Gasteiger partial charge in [0.2, 0.25) is 11.8 Å². The lowest BCUT2D eigenvalue weighted by molar-refractivity contribution is -0.126. The first-order valence-electron chi connectivity index (χ1n) is 9.34. The van der Waals surface area contributed by atoms with Crippen molar-refractivity contribution in [3.8, 4) is 5.75 Å². The van der Waals surface area contributed by atoms with Gasteiger partial charge < -0.3 is 10.1 Å². The molecule has 0 fully saturated rings. The van der Waals surface area contributed by atoms with E-state index in [0.717, 1.165) is 14.5 Å². The quantitative estimate of drug-likeness (QED) is 0.230. The number of benzene rings is 3. The van der Waals surface area contributed by atoms with Crippen LogP contribution in [0.5, 0.6) is 5.75 Å². The average molecular weight is 545 g/mol. The number of ether oxygens (including phenoxy) is 1. The molecule has 0 aliphatic heterocycles. The number of para-hydroxylation sites is 2. The maximum Gasteiger partial charge on any atom is 0.249 e. The smallest absolute Gasteiger partial charge is 0.249 e. The van der Waals surface area contributed by atoms with Crippen LogP contribution in [-0.2, 0) is 16.2 Å². The first-order valence-corrected chi connectivity index (χ1v) is 10.9. The van der Waals surface area contributed by atoms with E-state index >= 15 is 0 Å². The van der Waals surface area contributed by atoms with Crippen molar-refractivity contribution in [2.45, 2.75) is 13.0 Å². The zero-order valence-corrected chi connectivity index (χ0v) is 19.5. The molecule has 31 heavy (non-hydrogen) atoms. The maximum absolute atomic E-state index is 12.0. The van der Waals surface area contributed by atoms with Crippen LogP contribution in [-0.4, -0.2) is 18.0 Å². The Morgan fingerprint density at radius 2 is 1.61 bits per heavy atom. The average Bonchev–Trinajstić information content (AvgIpc) is 2.76. The van der Waals surface area contributed by atoms with Crippen LogP contribution in [0.3, 0.4) is 0 Å². The van der Waals surface area contributed by atoms with E-state index in [1.807, 2.05) is 54.6 Å². The Bertz CT molecular complexity index is 1090. The molecule has 2 amide bonds. The van der Waals surface area contributed by atoms with Crippen molar-refractivity contribution in [2.75, 3.05) is 5.32 Å². The number of nitrogens with one attached hydrogen (secondary N) is 2. The SMILES string of the molecule is O=C(CC(=O)Nc1ccccc1Br)NN=Cc1ccccc1OCc1ccc(Br)cc1. The van der Waals surface area contributed by atoms with Crippen LogP contribution in [0.2, 0.25) is 0 Å². The van der Waals surface area contributed by atoms with Crippen molar-refractivity contribution in [3.63, 3.8) is 0 Å². The molecule has 3 rings (SSSR count). The first kappa shape index (κ1) is 22.7. The molecule has 0 aromatic heterocycles. The van der Waals surface area contributed by atoms with E-state index in [1.54, 1.807) is 18.2 Å². The van der Waals surface area contributed by atoms with Gasteiger partial charge in [-0.25, -0.2) is 5.43 Å². The summed E-state index contributed by atoms with van der Waals surface area (Å²) in [6, 6.07) is 22.4. The van der Waals surface area contributed by atoms with Gasteiger partial charge >= 0.3 is 0 Å². The molecule has 8 heteroatoms. The van der Waals surface area contributed by atoms with Gasteiger partial charge in [0, 0.05) is 14.5 Å². The predicted molar refractivity (Wildman–Crippen MR) is 128 cm³/mol. The lowest BCUT2D eigenvalue weighted by atomic mass is 10.2. The number of rotatable bonds is 8. The van der Waals surface area contributed by atoms with Crippen LogP contribution in [0.1, 0.15) is 17.5 Å². The van der Waals surface area contributed by atoms with E-state index in [1.165, 1.54) is 6.21 Å². The number of hydrogen-bond donors (Lipinski definition) is 2. The number of carbonyl (C=O) groups excluding carboxylic acids is 2. The molecule has 0 heterocycles. The molecule has 0 bridgehead atoms. The Kier molecular flexibility index (Phi) is 8.37. The molecule has 0 atom stereocenters. The minimum absolute atomic E-state index is 0.347. The molecular formula is C23H19Br2N3O3. The summed E-state index contributed by atoms with van der Waals surface area (Å²) in [6.07, 6.45) is 1.14. The van der Waals surface area contributed by atoms with Gasteiger partial charge in [-0.2, -0.15) is 5.10 Å². The summed E-state index contributed by atoms with van der Waals surface area (Å²) in [6.45, 7) is 0.402. The van der Waals surface area contributed by atoms with E-state index in [2.05, 4.69) is 47.7 Å². The summed E-state index contributed by atoms with van der Waals surface area (Å²) in [4.78, 5) is 24.0. The second-order valence-corrected chi connectivity index (χ2v) is 8.22. The molecule has 3 aromatic rings. The topological polar surface area (TPSA) is 79.8 Å². The molecular weight excluding hydrogens is 526 g/mol. The Morgan fingerprint density at radius 3 is 2.39 bits per heavy atom. The van der Waals surface area contributed by atoms with Crippen molar-refractivity contribution >= 4 is 55.6 Å². The molecule has 0 unspecified atom stereocenters. The summed E-state index contributed by atoms with van der Waals surface area (Å²) in [5.74, 6) is -0.318. The van der Waals surface area contributed by atoms with E-state index < -0.39 is 11.8 Å². The van der Waals surface area contributed by atoms with E-state index in [4.69, 9.17) is 4.74 Å². The normalized spacial score (nSPS) is 10.6. The van der Waals surface area contributed by atoms with E-state index in [0.29, 0.717) is 23.6 Å². The number of anilines is 1. The highest BCUT2D eigenvalue weighted by atomic mass is 79.9. The molecule has 158 valence electrons. The molecule has 6 nitrogen and oxygen atoms in total. The Balaban J connectivity index is 1.52. The highest BCUT2D eigenvalue weighted by molar-refractivity contribution is 9.10. The fourth-order valence-electron chi connectivity index (χ4n) is 2.58. The third-order valence-corrected chi connectivity index (χ3v) is 5.31. The van der Waals surface area contributed by atoms with Crippen LogP contribution in [0, 0.1) is 0 Å². The van der Waals surface area contributed by atoms with Gasteiger partial charge in [-0.3, -0.25) is 9.59 Å². The lowest BCUT2D eigenvalue weighted by Gasteiger charge is -2.09. The van der Waals surface area contributed by atoms with Crippen LogP contribution in [0.4, 0.5) is 5.69 Å². The maximum atomic E-state index is 12.0. The molecule has 0 saturated carbocycles. The summed E-state index contributed by atoms with van der Waals surface area (Å²) in [7, 11) is 0. The number of nitrogens with zero attached hydrogens (tertiary/aromatic N) is 1. The fourth-order valence-corrected chi connectivity index (χ4v) is 3.22. The van der Waals surface area contributed by atoms with Crippen molar-refractivity contribution < 1.29 is 14.3 Å². The van der Waals surface area contributed by atoms with E-state index in [9.17, 15) is 9.59 Å². The fraction of sp³-hybridized carbons (Fsp3) is 0.0870. The van der Waals surface area contributed by atoms with Gasteiger partial charge in [0.25, 0.3) is 0 Å². The second-order valence-electron chi connectivity index (χ2n) is 6.45. The zero-order valence-electron chi connectivity index (χ0n) is 16.3. The molecule has 0 saturated heterocycles. The van der Waals surface area contributed by atoms with Gasteiger partial charge in [-0.15, -0.1) is 0 Å². The van der Waals surface area contributed by atoms with Crippen LogP contribution in [0.25, 0.3) is 0 Å². The van der Waals surface area contributed by atoms with Gasteiger partial charge in [0.1, 0.15) is 18.8 Å². The Hall–Kier alpha value is -2.97. The van der Waals surface area contributed by atoms with Gasteiger partial charge in [0.15, 0.2) is 0 Å². The minimum Gasteiger partial charge on any atom is -0.488 e. The second kappa shape index (κ2) is 11.4. The molecule has 3 aromatic carbocycles. The lowest BCUT2D eigenvalue weighted by Crippen LogP contribution is -2.24. The molecule has 0 radical (unpaired) electrons. The van der Waals surface area contributed by atoms with Crippen molar-refractivity contribution in [1.29, 1.82) is 0 Å². The predicted octanol–water partition coefficient (Wildman–Crippen LogP) is 5.27. The van der Waals surface area contributed by atoms with Crippen molar-refractivity contribution in [1.82, 2.24) is 5.43 Å². The van der Waals surface area contributed by atoms with Crippen molar-refractivity contribution in [2.24, 2.45) is 5.10 Å². The van der Waals surface area contributed by atoms with Crippen molar-refractivity contribution in [3.05, 3.63) is 92.9 Å². The highest BCUT2D eigenvalue weighted by Crippen LogP contribution is 2.21. The molecule has 0 aliphatic rings.